The summed E-state index contributed by atoms with van der Waals surface area (Å²) in [5.74, 6) is -0.990. The van der Waals surface area contributed by atoms with Crippen molar-refractivity contribution in [3.8, 4) is 0 Å². The fourth-order valence-corrected chi connectivity index (χ4v) is 1.45. The molecule has 2 amide bonds. The van der Waals surface area contributed by atoms with Gasteiger partial charge in [0.15, 0.2) is 0 Å². The van der Waals surface area contributed by atoms with Crippen molar-refractivity contribution < 1.29 is 19.1 Å². The molecule has 0 heterocycles. The molecular weight excluding hydrogens is 260 g/mol. The Labute approximate surface area is 119 Å². The predicted octanol–water partition coefficient (Wildman–Crippen LogP) is 0.550. The number of hydrogen-bond acceptors (Lipinski definition) is 4. The molecule has 0 aliphatic rings. The van der Waals surface area contributed by atoms with Gasteiger partial charge in [-0.25, -0.2) is 0 Å². The molecule has 6 nitrogen and oxygen atoms in total. The summed E-state index contributed by atoms with van der Waals surface area (Å²) >= 11 is 0. The summed E-state index contributed by atoms with van der Waals surface area (Å²) in [6, 6.07) is 0. The maximum Gasteiger partial charge on any atom is 0.315 e. The molecule has 0 aliphatic heterocycles. The van der Waals surface area contributed by atoms with Gasteiger partial charge in [0.1, 0.15) is 0 Å². The predicted molar refractivity (Wildman–Crippen MR) is 75.8 cm³/mol. The normalized spacial score (nSPS) is 10.3. The molecule has 0 aromatic rings. The topological polar surface area (TPSA) is 84.5 Å². The Bertz CT molecular complexity index is 365. The van der Waals surface area contributed by atoms with Crippen LogP contribution in [0.2, 0.25) is 0 Å². The first-order valence-corrected chi connectivity index (χ1v) is 6.23. The molecule has 112 valence electrons. The van der Waals surface area contributed by atoms with E-state index in [2.05, 4.69) is 23.8 Å². The van der Waals surface area contributed by atoms with E-state index in [1.54, 1.807) is 6.92 Å². The van der Waals surface area contributed by atoms with E-state index in [0.29, 0.717) is 0 Å². The van der Waals surface area contributed by atoms with Crippen LogP contribution < -0.4 is 10.6 Å². The Morgan fingerprint density at radius 3 is 1.75 bits per heavy atom. The first kappa shape index (κ1) is 17.9. The minimum Gasteiger partial charge on any atom is -0.468 e. The molecule has 0 bridgehead atoms. The van der Waals surface area contributed by atoms with Crippen LogP contribution in [0.4, 0.5) is 0 Å². The summed E-state index contributed by atoms with van der Waals surface area (Å²) in [6.07, 6.45) is 3.27. The van der Waals surface area contributed by atoms with Gasteiger partial charge >= 0.3 is 5.97 Å². The van der Waals surface area contributed by atoms with Crippen molar-refractivity contribution in [3.05, 3.63) is 25.3 Å². The molecule has 0 aromatic carbocycles. The lowest BCUT2D eigenvalue weighted by molar-refractivity contribution is -0.151. The summed E-state index contributed by atoms with van der Waals surface area (Å²) in [4.78, 5) is 34.6. The van der Waals surface area contributed by atoms with E-state index < -0.39 is 11.4 Å². The van der Waals surface area contributed by atoms with E-state index in [-0.39, 0.29) is 37.7 Å². The first-order chi connectivity index (χ1) is 9.39. The number of carbonyl (C=O) groups is 3. The molecule has 0 spiro atoms. The van der Waals surface area contributed by atoms with Crippen LogP contribution >= 0.6 is 0 Å². The first-order valence-electron chi connectivity index (χ1n) is 6.23. The van der Waals surface area contributed by atoms with Gasteiger partial charge in [-0.2, -0.15) is 0 Å². The lowest BCUT2D eigenvalue weighted by Gasteiger charge is -2.27. The van der Waals surface area contributed by atoms with Crippen LogP contribution in [0.15, 0.2) is 25.3 Å². The number of rotatable bonds is 9. The van der Waals surface area contributed by atoms with Gasteiger partial charge in [-0.1, -0.05) is 12.2 Å². The lowest BCUT2D eigenvalue weighted by Crippen LogP contribution is -2.48. The second-order valence-electron chi connectivity index (χ2n) is 4.59. The molecule has 0 radical (unpaired) electrons. The van der Waals surface area contributed by atoms with Crippen LogP contribution in [-0.4, -0.2) is 38.0 Å². The molecule has 20 heavy (non-hydrogen) atoms. The monoisotopic (exact) mass is 282 g/mol. The molecule has 2 N–H and O–H groups in total. The average molecular weight is 282 g/mol. The zero-order valence-electron chi connectivity index (χ0n) is 12.0. The third-order valence-electron chi connectivity index (χ3n) is 2.69. The summed E-state index contributed by atoms with van der Waals surface area (Å²) < 4.78 is 4.72. The average Bonchev–Trinajstić information content (AvgIpc) is 2.42. The Kier molecular flexibility index (Phi) is 7.96. The molecule has 0 saturated heterocycles. The minimum atomic E-state index is -1.03. The van der Waals surface area contributed by atoms with E-state index in [1.165, 1.54) is 19.3 Å². The maximum atomic E-state index is 11.8. The van der Waals surface area contributed by atoms with Crippen LogP contribution in [0.5, 0.6) is 0 Å². The van der Waals surface area contributed by atoms with Crippen molar-refractivity contribution in [3.63, 3.8) is 0 Å². The van der Waals surface area contributed by atoms with Gasteiger partial charge in [0.2, 0.25) is 11.8 Å². The van der Waals surface area contributed by atoms with Gasteiger partial charge in [0, 0.05) is 25.9 Å². The maximum absolute atomic E-state index is 11.8. The number of ether oxygens (including phenoxy) is 1. The number of methoxy groups -OCH3 is 1. The molecule has 0 fully saturated rings. The van der Waals surface area contributed by atoms with Crippen molar-refractivity contribution in [1.82, 2.24) is 10.6 Å². The molecule has 0 atom stereocenters. The van der Waals surface area contributed by atoms with E-state index in [1.807, 2.05) is 0 Å². The van der Waals surface area contributed by atoms with Crippen LogP contribution in [-0.2, 0) is 19.1 Å². The van der Waals surface area contributed by atoms with Gasteiger partial charge in [-0.15, -0.1) is 13.2 Å². The van der Waals surface area contributed by atoms with Crippen molar-refractivity contribution in [2.24, 2.45) is 5.41 Å². The minimum absolute atomic E-state index is 0.0702. The summed E-state index contributed by atoms with van der Waals surface area (Å²) in [5.41, 5.74) is -1.03. The number of amides is 2. The standard InChI is InChI=1S/C14H22N2O4/c1-5-7-11(17)15-9-14(3,13(19)20-4)10-16-12(18)8-6-2/h5-6H,1-2,7-10H2,3-4H3,(H,15,17)(H,16,18). The zero-order chi connectivity index (χ0) is 15.6. The Hall–Kier alpha value is -2.11. The second kappa shape index (κ2) is 8.90. The van der Waals surface area contributed by atoms with Gasteiger partial charge in [0.25, 0.3) is 0 Å². The van der Waals surface area contributed by atoms with Crippen LogP contribution in [0.3, 0.4) is 0 Å². The van der Waals surface area contributed by atoms with Gasteiger partial charge in [-0.05, 0) is 6.92 Å². The third-order valence-corrected chi connectivity index (χ3v) is 2.69. The van der Waals surface area contributed by atoms with Crippen molar-refractivity contribution >= 4 is 17.8 Å². The number of esters is 1. The summed E-state index contributed by atoms with van der Waals surface area (Å²) in [7, 11) is 1.26. The Balaban J connectivity index is 4.62. The summed E-state index contributed by atoms with van der Waals surface area (Å²) in [5, 5.41) is 5.23. The smallest absolute Gasteiger partial charge is 0.315 e. The Morgan fingerprint density at radius 2 is 1.45 bits per heavy atom. The van der Waals surface area contributed by atoms with Crippen molar-refractivity contribution in [1.29, 1.82) is 0 Å². The highest BCUT2D eigenvalue weighted by atomic mass is 16.5. The molecule has 0 unspecified atom stereocenters. The van der Waals surface area contributed by atoms with Crippen LogP contribution in [0.1, 0.15) is 19.8 Å². The highest BCUT2D eigenvalue weighted by molar-refractivity contribution is 5.82. The van der Waals surface area contributed by atoms with Gasteiger partial charge < -0.3 is 15.4 Å². The second-order valence-corrected chi connectivity index (χ2v) is 4.59. The zero-order valence-corrected chi connectivity index (χ0v) is 12.0. The van der Waals surface area contributed by atoms with E-state index >= 15 is 0 Å². The van der Waals surface area contributed by atoms with Crippen molar-refractivity contribution in [2.75, 3.05) is 20.2 Å². The lowest BCUT2D eigenvalue weighted by atomic mass is 9.90. The molecule has 6 heteroatoms. The van der Waals surface area contributed by atoms with Crippen molar-refractivity contribution in [2.45, 2.75) is 19.8 Å². The SMILES string of the molecule is C=CCC(=O)NCC(C)(CNC(=O)CC=C)C(=O)OC. The number of nitrogens with one attached hydrogen (secondary N) is 2. The molecule has 0 rings (SSSR count). The molecule has 0 aliphatic carbocycles. The Morgan fingerprint density at radius 1 is 1.05 bits per heavy atom. The molecule has 0 aromatic heterocycles. The highest BCUT2D eigenvalue weighted by Gasteiger charge is 2.35. The number of carbonyl (C=O) groups excluding carboxylic acids is 3. The molecule has 0 saturated carbocycles. The number of hydrogen-bond donors (Lipinski definition) is 2. The van der Waals surface area contributed by atoms with E-state index in [9.17, 15) is 14.4 Å². The third kappa shape index (κ3) is 6.17. The highest BCUT2D eigenvalue weighted by Crippen LogP contribution is 2.16. The van der Waals surface area contributed by atoms with Gasteiger partial charge in [-0.3, -0.25) is 14.4 Å². The van der Waals surface area contributed by atoms with Crippen LogP contribution in [0, 0.1) is 5.41 Å². The quantitative estimate of drug-likeness (QED) is 0.478. The van der Waals surface area contributed by atoms with E-state index in [4.69, 9.17) is 4.74 Å². The van der Waals surface area contributed by atoms with E-state index in [0.717, 1.165) is 0 Å². The van der Waals surface area contributed by atoms with Crippen LogP contribution in [0.25, 0.3) is 0 Å². The summed E-state index contributed by atoms with van der Waals surface area (Å²) in [6.45, 7) is 8.67. The largest absolute Gasteiger partial charge is 0.468 e. The fourth-order valence-electron chi connectivity index (χ4n) is 1.45. The molecular formula is C14H22N2O4. The fraction of sp³-hybridized carbons (Fsp3) is 0.500. The van der Waals surface area contributed by atoms with Gasteiger partial charge in [0.05, 0.1) is 12.5 Å².